The SMILES string of the molecule is CC1CCC(C)C(=O)C1.CC1CCC(C)C(O)C1.CCC(C)O.CCC(C)O.CCC(C)OC.COC1CC(C)CCC1C. The van der Waals surface area contributed by atoms with E-state index in [1.165, 1.54) is 38.5 Å². The van der Waals surface area contributed by atoms with Crippen molar-refractivity contribution in [3.8, 4) is 0 Å². The summed E-state index contributed by atoms with van der Waals surface area (Å²) < 4.78 is 10.3. The van der Waals surface area contributed by atoms with Crippen LogP contribution in [0.15, 0.2) is 0 Å². The van der Waals surface area contributed by atoms with Crippen molar-refractivity contribution in [3.05, 3.63) is 0 Å². The summed E-state index contributed by atoms with van der Waals surface area (Å²) in [5.41, 5.74) is 0. The number of ketones is 1. The topological polar surface area (TPSA) is 96.2 Å². The minimum Gasteiger partial charge on any atom is -0.393 e. The van der Waals surface area contributed by atoms with Crippen LogP contribution >= 0.6 is 0 Å². The van der Waals surface area contributed by atoms with E-state index in [1.54, 1.807) is 21.0 Å². The number of aliphatic hydroxyl groups excluding tert-OH is 3. The van der Waals surface area contributed by atoms with E-state index in [-0.39, 0.29) is 18.3 Å². The lowest BCUT2D eigenvalue weighted by molar-refractivity contribution is -0.125. The Bertz CT molecular complexity index is 612. The zero-order valence-electron chi connectivity index (χ0n) is 31.9. The maximum Gasteiger partial charge on any atom is 0.135 e. The number of rotatable bonds is 5. The normalized spacial score (nSPS) is 31.6. The Balaban J connectivity index is -0.000000469. The Hall–Kier alpha value is -0.530. The Morgan fingerprint density at radius 2 is 1.11 bits per heavy atom. The number of Topliss-reactive ketones (excluding diaryl/α,β-unsaturated/α-hetero) is 1. The Morgan fingerprint density at radius 3 is 1.39 bits per heavy atom. The standard InChI is InChI=1S/C9H18O.C8H16O.C8H14O.C5H12O.2C4H10O/c1-7-4-5-8(2)9(6-7)10-3;2*1-6-3-4-7(2)8(9)5-6;1-4-5(2)6-3;2*1-3-4(2)5/h7-9H,4-6H2,1-3H3;6-9H,3-5H2,1-2H3;6-7H,3-5H2,1-2H3;5H,4H2,1-3H3;2*4-5H,3H2,1-2H3. The maximum absolute atomic E-state index is 11.0. The van der Waals surface area contributed by atoms with Gasteiger partial charge in [0.2, 0.25) is 0 Å². The first-order chi connectivity index (χ1) is 20.5. The summed E-state index contributed by atoms with van der Waals surface area (Å²) in [7, 11) is 3.56. The van der Waals surface area contributed by atoms with Gasteiger partial charge in [0.25, 0.3) is 0 Å². The summed E-state index contributed by atoms with van der Waals surface area (Å²) in [6.45, 7) is 24.8. The van der Waals surface area contributed by atoms with Gasteiger partial charge in [0.1, 0.15) is 5.78 Å². The quantitative estimate of drug-likeness (QED) is 0.280. The molecule has 11 atom stereocenters. The van der Waals surface area contributed by atoms with Crippen molar-refractivity contribution >= 4 is 5.78 Å². The van der Waals surface area contributed by atoms with Crippen molar-refractivity contribution in [3.63, 3.8) is 0 Å². The molecule has 6 heteroatoms. The first-order valence-electron chi connectivity index (χ1n) is 18.1. The highest BCUT2D eigenvalue weighted by molar-refractivity contribution is 5.81. The van der Waals surface area contributed by atoms with Gasteiger partial charge in [-0.25, -0.2) is 0 Å². The molecular formula is C38H80O6. The van der Waals surface area contributed by atoms with E-state index in [9.17, 15) is 9.90 Å². The number of carbonyl (C=O) groups is 1. The third kappa shape index (κ3) is 28.9. The molecule has 44 heavy (non-hydrogen) atoms. The molecule has 3 aliphatic rings. The highest BCUT2D eigenvalue weighted by atomic mass is 16.5. The van der Waals surface area contributed by atoms with Gasteiger partial charge in [-0.05, 0) is 108 Å². The average Bonchev–Trinajstić information content (AvgIpc) is 2.99. The number of hydrogen-bond donors (Lipinski definition) is 3. The molecule has 3 N–H and O–H groups in total. The van der Waals surface area contributed by atoms with Gasteiger partial charge in [-0.3, -0.25) is 4.79 Å². The van der Waals surface area contributed by atoms with Crippen LogP contribution in [-0.2, 0) is 14.3 Å². The van der Waals surface area contributed by atoms with Crippen LogP contribution < -0.4 is 0 Å². The van der Waals surface area contributed by atoms with Crippen molar-refractivity contribution in [1.29, 1.82) is 0 Å². The van der Waals surface area contributed by atoms with E-state index in [0.717, 1.165) is 56.3 Å². The van der Waals surface area contributed by atoms with Gasteiger partial charge in [0, 0.05) is 26.6 Å². The van der Waals surface area contributed by atoms with Crippen LogP contribution in [0.2, 0.25) is 0 Å². The Morgan fingerprint density at radius 1 is 0.682 bits per heavy atom. The highest BCUT2D eigenvalue weighted by Gasteiger charge is 2.25. The summed E-state index contributed by atoms with van der Waals surface area (Å²) in [5.74, 6) is 4.41. The molecule has 0 aliphatic heterocycles. The first-order valence-corrected chi connectivity index (χ1v) is 18.1. The molecule has 268 valence electrons. The second-order valence-electron chi connectivity index (χ2n) is 14.4. The van der Waals surface area contributed by atoms with Crippen molar-refractivity contribution in [2.75, 3.05) is 14.2 Å². The lowest BCUT2D eigenvalue weighted by Crippen LogP contribution is -2.27. The van der Waals surface area contributed by atoms with Gasteiger partial charge >= 0.3 is 0 Å². The van der Waals surface area contributed by atoms with E-state index in [2.05, 4.69) is 48.5 Å². The molecule has 0 aromatic rings. The smallest absolute Gasteiger partial charge is 0.135 e. The molecule has 0 amide bonds. The molecule has 3 rings (SSSR count). The van der Waals surface area contributed by atoms with Gasteiger partial charge in [-0.15, -0.1) is 0 Å². The van der Waals surface area contributed by atoms with Gasteiger partial charge in [-0.2, -0.15) is 0 Å². The first kappa shape index (κ1) is 47.9. The monoisotopic (exact) mass is 633 g/mol. The fraction of sp³-hybridized carbons (Fsp3) is 0.974. The number of methoxy groups -OCH3 is 2. The second-order valence-corrected chi connectivity index (χ2v) is 14.4. The molecule has 0 aromatic carbocycles. The van der Waals surface area contributed by atoms with Crippen molar-refractivity contribution in [1.82, 2.24) is 0 Å². The fourth-order valence-corrected chi connectivity index (χ4v) is 4.82. The molecular weight excluding hydrogens is 552 g/mol. The molecule has 0 radical (unpaired) electrons. The summed E-state index contributed by atoms with van der Waals surface area (Å²) in [5, 5.41) is 26.1. The number of aliphatic hydroxyl groups is 3. The van der Waals surface area contributed by atoms with Crippen molar-refractivity contribution < 1.29 is 29.6 Å². The second kappa shape index (κ2) is 29.8. The molecule has 0 bridgehead atoms. The summed E-state index contributed by atoms with van der Waals surface area (Å²) in [6, 6.07) is 0. The molecule has 3 aliphatic carbocycles. The zero-order valence-corrected chi connectivity index (χ0v) is 31.9. The maximum atomic E-state index is 11.0. The number of hydrogen-bond acceptors (Lipinski definition) is 6. The fourth-order valence-electron chi connectivity index (χ4n) is 4.82. The van der Waals surface area contributed by atoms with E-state index < -0.39 is 0 Å². The van der Waals surface area contributed by atoms with Crippen LogP contribution in [0, 0.1) is 35.5 Å². The van der Waals surface area contributed by atoms with Crippen LogP contribution in [-0.4, -0.2) is 65.8 Å². The van der Waals surface area contributed by atoms with Crippen LogP contribution in [0.25, 0.3) is 0 Å². The molecule has 3 saturated carbocycles. The number of carbonyl (C=O) groups excluding carboxylic acids is 1. The summed E-state index contributed by atoms with van der Waals surface area (Å²) in [4.78, 5) is 11.0. The molecule has 3 fully saturated rings. The van der Waals surface area contributed by atoms with Crippen molar-refractivity contribution in [2.24, 2.45) is 35.5 Å². The highest BCUT2D eigenvalue weighted by Crippen LogP contribution is 2.30. The zero-order chi connectivity index (χ0) is 34.8. The molecule has 0 aromatic heterocycles. The average molecular weight is 633 g/mol. The third-order valence-corrected chi connectivity index (χ3v) is 9.45. The predicted molar refractivity (Wildman–Crippen MR) is 189 cm³/mol. The minimum atomic E-state index is -0.116. The van der Waals surface area contributed by atoms with Crippen LogP contribution in [0.5, 0.6) is 0 Å². The van der Waals surface area contributed by atoms with E-state index in [0.29, 0.717) is 35.7 Å². The van der Waals surface area contributed by atoms with Crippen LogP contribution in [0.3, 0.4) is 0 Å². The largest absolute Gasteiger partial charge is 0.393 e. The molecule has 0 heterocycles. The lowest BCUT2D eigenvalue weighted by Gasteiger charge is -2.31. The van der Waals surface area contributed by atoms with E-state index in [1.807, 2.05) is 27.9 Å². The number of ether oxygens (including phenoxy) is 2. The van der Waals surface area contributed by atoms with Crippen LogP contribution in [0.1, 0.15) is 160 Å². The van der Waals surface area contributed by atoms with Crippen LogP contribution in [0.4, 0.5) is 0 Å². The van der Waals surface area contributed by atoms with E-state index in [4.69, 9.17) is 19.7 Å². The third-order valence-electron chi connectivity index (χ3n) is 9.45. The summed E-state index contributed by atoms with van der Waals surface area (Å²) in [6.07, 6.45) is 14.2. The Labute approximate surface area is 275 Å². The van der Waals surface area contributed by atoms with E-state index >= 15 is 0 Å². The van der Waals surface area contributed by atoms with Gasteiger partial charge < -0.3 is 24.8 Å². The Kier molecular flexibility index (Phi) is 32.5. The molecule has 0 saturated heterocycles. The lowest BCUT2D eigenvalue weighted by atomic mass is 9.82. The van der Waals surface area contributed by atoms with Gasteiger partial charge in [0.05, 0.1) is 30.5 Å². The molecule has 11 unspecified atom stereocenters. The van der Waals surface area contributed by atoms with Crippen molar-refractivity contribution in [2.45, 2.75) is 191 Å². The van der Waals surface area contributed by atoms with Gasteiger partial charge in [0.15, 0.2) is 0 Å². The predicted octanol–water partition coefficient (Wildman–Crippen LogP) is 9.26. The molecule has 0 spiro atoms. The minimum absolute atomic E-state index is 0.0197. The van der Waals surface area contributed by atoms with Gasteiger partial charge in [-0.1, -0.05) is 75.2 Å². The molecule has 6 nitrogen and oxygen atoms in total. The summed E-state index contributed by atoms with van der Waals surface area (Å²) >= 11 is 0.